The number of carbonyl (C=O) groups excluding carboxylic acids is 2. The van der Waals surface area contributed by atoms with Gasteiger partial charge in [0, 0.05) is 38.3 Å². The molecule has 6 heteroatoms. The van der Waals surface area contributed by atoms with Crippen LogP contribution in [0.2, 0.25) is 0 Å². The topological polar surface area (TPSA) is 70.1 Å². The number of hydrogen-bond acceptors (Lipinski definition) is 4. The van der Waals surface area contributed by atoms with Crippen molar-refractivity contribution in [1.82, 2.24) is 9.80 Å². The van der Waals surface area contributed by atoms with Crippen LogP contribution in [0.3, 0.4) is 0 Å². The van der Waals surface area contributed by atoms with E-state index in [4.69, 9.17) is 4.74 Å². The van der Waals surface area contributed by atoms with Gasteiger partial charge in [-0.25, -0.2) is 0 Å². The lowest BCUT2D eigenvalue weighted by Crippen LogP contribution is -2.52. The van der Waals surface area contributed by atoms with Crippen LogP contribution in [-0.2, 0) is 9.53 Å². The van der Waals surface area contributed by atoms with E-state index in [1.54, 1.807) is 21.9 Å². The first-order valence-electron chi connectivity index (χ1n) is 7.64. The number of hydrogen-bond donors (Lipinski definition) is 1. The highest BCUT2D eigenvalue weighted by Crippen LogP contribution is 2.17. The summed E-state index contributed by atoms with van der Waals surface area (Å²) in [6.45, 7) is 2.73. The summed E-state index contributed by atoms with van der Waals surface area (Å²) in [6, 6.07) is 6.34. The second-order valence-corrected chi connectivity index (χ2v) is 5.67. The van der Waals surface area contributed by atoms with Crippen molar-refractivity contribution in [3.05, 3.63) is 29.8 Å². The molecule has 1 N–H and O–H groups in total. The zero-order valence-corrected chi connectivity index (χ0v) is 12.4. The monoisotopic (exact) mass is 304 g/mol. The summed E-state index contributed by atoms with van der Waals surface area (Å²) in [7, 11) is 0. The summed E-state index contributed by atoms with van der Waals surface area (Å²) in [6.07, 6.45) is 1.43. The van der Waals surface area contributed by atoms with Crippen molar-refractivity contribution >= 4 is 11.8 Å². The molecule has 0 spiro atoms. The molecule has 0 saturated carbocycles. The SMILES string of the molecule is O=C(c1cccc(O)c1)N1CCN(C(=O)[C@H]2CCCO2)CC1. The Kier molecular flexibility index (Phi) is 4.29. The van der Waals surface area contributed by atoms with Crippen molar-refractivity contribution in [2.75, 3.05) is 32.8 Å². The van der Waals surface area contributed by atoms with E-state index in [1.165, 1.54) is 12.1 Å². The zero-order valence-electron chi connectivity index (χ0n) is 12.4. The lowest BCUT2D eigenvalue weighted by atomic mass is 10.1. The molecule has 0 radical (unpaired) electrons. The highest BCUT2D eigenvalue weighted by molar-refractivity contribution is 5.94. The molecular formula is C16H20N2O4. The van der Waals surface area contributed by atoms with Gasteiger partial charge >= 0.3 is 0 Å². The van der Waals surface area contributed by atoms with E-state index in [9.17, 15) is 14.7 Å². The summed E-state index contributed by atoms with van der Waals surface area (Å²) in [5, 5.41) is 9.46. The van der Waals surface area contributed by atoms with E-state index in [1.807, 2.05) is 0 Å². The number of aromatic hydroxyl groups is 1. The second-order valence-electron chi connectivity index (χ2n) is 5.67. The third-order valence-corrected chi connectivity index (χ3v) is 4.18. The van der Waals surface area contributed by atoms with Gasteiger partial charge in [-0.3, -0.25) is 9.59 Å². The number of carbonyl (C=O) groups is 2. The van der Waals surface area contributed by atoms with Gasteiger partial charge in [0.25, 0.3) is 11.8 Å². The standard InChI is InChI=1S/C16H20N2O4/c19-13-4-1-3-12(11-13)15(20)17-6-8-18(9-7-17)16(21)14-5-2-10-22-14/h1,3-4,11,14,19H,2,5-10H2/t14-/m1/s1. The molecule has 2 saturated heterocycles. The predicted molar refractivity (Wildman–Crippen MR) is 79.6 cm³/mol. The number of benzene rings is 1. The minimum Gasteiger partial charge on any atom is -0.508 e. The summed E-state index contributed by atoms with van der Waals surface area (Å²) in [4.78, 5) is 28.1. The molecule has 2 amide bonds. The van der Waals surface area contributed by atoms with Gasteiger partial charge in [0.1, 0.15) is 11.9 Å². The molecule has 1 aromatic carbocycles. The molecule has 0 aliphatic carbocycles. The van der Waals surface area contributed by atoms with Crippen molar-refractivity contribution < 1.29 is 19.4 Å². The molecule has 118 valence electrons. The fraction of sp³-hybridized carbons (Fsp3) is 0.500. The van der Waals surface area contributed by atoms with Gasteiger partial charge in [-0.2, -0.15) is 0 Å². The molecule has 0 unspecified atom stereocenters. The maximum Gasteiger partial charge on any atom is 0.254 e. The van der Waals surface area contributed by atoms with Crippen LogP contribution in [0.25, 0.3) is 0 Å². The number of rotatable bonds is 2. The number of ether oxygens (including phenoxy) is 1. The molecule has 2 heterocycles. The third kappa shape index (κ3) is 3.06. The van der Waals surface area contributed by atoms with Gasteiger partial charge in [0.2, 0.25) is 0 Å². The van der Waals surface area contributed by atoms with Crippen molar-refractivity contribution in [3.63, 3.8) is 0 Å². The quantitative estimate of drug-likeness (QED) is 0.879. The molecule has 3 rings (SSSR count). The largest absolute Gasteiger partial charge is 0.508 e. The fourth-order valence-corrected chi connectivity index (χ4v) is 2.93. The number of piperazine rings is 1. The van der Waals surface area contributed by atoms with Gasteiger partial charge in [-0.1, -0.05) is 6.07 Å². The Balaban J connectivity index is 1.57. The van der Waals surface area contributed by atoms with Gasteiger partial charge in [-0.15, -0.1) is 0 Å². The lowest BCUT2D eigenvalue weighted by Gasteiger charge is -2.35. The van der Waals surface area contributed by atoms with Crippen LogP contribution in [0.4, 0.5) is 0 Å². The Labute approximate surface area is 129 Å². The molecule has 2 aliphatic rings. The molecule has 2 fully saturated rings. The molecule has 0 bridgehead atoms. The molecule has 1 aromatic rings. The number of nitrogens with zero attached hydrogens (tertiary/aromatic N) is 2. The first kappa shape index (κ1) is 14.8. The highest BCUT2D eigenvalue weighted by atomic mass is 16.5. The van der Waals surface area contributed by atoms with E-state index in [2.05, 4.69) is 0 Å². The van der Waals surface area contributed by atoms with Crippen LogP contribution in [-0.4, -0.2) is 65.6 Å². The van der Waals surface area contributed by atoms with Crippen molar-refractivity contribution in [2.45, 2.75) is 18.9 Å². The first-order valence-corrected chi connectivity index (χ1v) is 7.64. The van der Waals surface area contributed by atoms with Gasteiger partial charge in [0.05, 0.1) is 0 Å². The van der Waals surface area contributed by atoms with Crippen LogP contribution in [0, 0.1) is 0 Å². The predicted octanol–water partition coefficient (Wildman–Crippen LogP) is 0.856. The van der Waals surface area contributed by atoms with E-state index in [-0.39, 0.29) is 23.7 Å². The Bertz CT molecular complexity index is 561. The fourth-order valence-electron chi connectivity index (χ4n) is 2.93. The average Bonchev–Trinajstić information content (AvgIpc) is 3.08. The van der Waals surface area contributed by atoms with E-state index in [0.29, 0.717) is 38.3 Å². The van der Waals surface area contributed by atoms with Crippen LogP contribution >= 0.6 is 0 Å². The molecule has 0 aromatic heterocycles. The normalized spacial score (nSPS) is 21.9. The van der Waals surface area contributed by atoms with E-state index < -0.39 is 0 Å². The van der Waals surface area contributed by atoms with Crippen LogP contribution in [0.1, 0.15) is 23.2 Å². The van der Waals surface area contributed by atoms with Crippen molar-refractivity contribution in [1.29, 1.82) is 0 Å². The number of phenols is 1. The maximum absolute atomic E-state index is 12.4. The smallest absolute Gasteiger partial charge is 0.254 e. The number of amides is 2. The molecule has 1 atom stereocenters. The molecule has 2 aliphatic heterocycles. The molecule has 6 nitrogen and oxygen atoms in total. The zero-order chi connectivity index (χ0) is 15.5. The van der Waals surface area contributed by atoms with Crippen molar-refractivity contribution in [2.24, 2.45) is 0 Å². The third-order valence-electron chi connectivity index (χ3n) is 4.18. The lowest BCUT2D eigenvalue weighted by molar-refractivity contribution is -0.142. The number of phenolic OH excluding ortho intramolecular Hbond substituents is 1. The van der Waals surface area contributed by atoms with Gasteiger partial charge < -0.3 is 19.6 Å². The maximum atomic E-state index is 12.4. The highest BCUT2D eigenvalue weighted by Gasteiger charge is 2.31. The van der Waals surface area contributed by atoms with Crippen LogP contribution < -0.4 is 0 Å². The first-order chi connectivity index (χ1) is 10.6. The average molecular weight is 304 g/mol. The second kappa shape index (κ2) is 6.36. The Hall–Kier alpha value is -2.08. The Morgan fingerprint density at radius 1 is 1.14 bits per heavy atom. The molecular weight excluding hydrogens is 284 g/mol. The van der Waals surface area contributed by atoms with Crippen LogP contribution in [0.15, 0.2) is 24.3 Å². The van der Waals surface area contributed by atoms with Crippen molar-refractivity contribution in [3.8, 4) is 5.75 Å². The van der Waals surface area contributed by atoms with Gasteiger partial charge in [-0.05, 0) is 31.0 Å². The Morgan fingerprint density at radius 3 is 2.50 bits per heavy atom. The van der Waals surface area contributed by atoms with E-state index in [0.717, 1.165) is 12.8 Å². The minimum atomic E-state index is -0.298. The summed E-state index contributed by atoms with van der Waals surface area (Å²) in [5.41, 5.74) is 0.471. The van der Waals surface area contributed by atoms with Crippen LogP contribution in [0.5, 0.6) is 5.75 Å². The molecule has 22 heavy (non-hydrogen) atoms. The summed E-state index contributed by atoms with van der Waals surface area (Å²) < 4.78 is 5.43. The minimum absolute atomic E-state index is 0.0435. The van der Waals surface area contributed by atoms with E-state index >= 15 is 0 Å². The summed E-state index contributed by atoms with van der Waals surface area (Å²) in [5.74, 6) is 0.0140. The van der Waals surface area contributed by atoms with Gasteiger partial charge in [0.15, 0.2) is 0 Å². The summed E-state index contributed by atoms with van der Waals surface area (Å²) >= 11 is 0. The Morgan fingerprint density at radius 2 is 1.86 bits per heavy atom.